The average molecular weight is 215 g/mol. The molecule has 1 heterocycles. The van der Waals surface area contributed by atoms with Gasteiger partial charge in [-0.3, -0.25) is 9.69 Å². The molecule has 1 N–H and O–H groups in total. The Hall–Kier alpha value is -0.610. The summed E-state index contributed by atoms with van der Waals surface area (Å²) < 4.78 is 5.59. The zero-order valence-corrected chi connectivity index (χ0v) is 9.77. The smallest absolute Gasteiger partial charge is 0.320 e. The Morgan fingerprint density at radius 2 is 2.00 bits per heavy atom. The van der Waals surface area contributed by atoms with Gasteiger partial charge < -0.3 is 9.84 Å². The van der Waals surface area contributed by atoms with Gasteiger partial charge in [0.25, 0.3) is 0 Å². The number of carbonyl (C=O) groups is 1. The van der Waals surface area contributed by atoms with Gasteiger partial charge >= 0.3 is 5.97 Å². The second-order valence-corrected chi connectivity index (χ2v) is 4.35. The van der Waals surface area contributed by atoms with Crippen molar-refractivity contribution in [3.63, 3.8) is 0 Å². The molecule has 1 aliphatic heterocycles. The molecule has 0 aromatic carbocycles. The van der Waals surface area contributed by atoms with Crippen LogP contribution in [0.5, 0.6) is 0 Å². The van der Waals surface area contributed by atoms with Gasteiger partial charge in [0.1, 0.15) is 6.04 Å². The second kappa shape index (κ2) is 5.47. The van der Waals surface area contributed by atoms with E-state index in [2.05, 4.69) is 0 Å². The van der Waals surface area contributed by atoms with Crippen molar-refractivity contribution < 1.29 is 14.6 Å². The topological polar surface area (TPSA) is 49.8 Å². The molecule has 1 aliphatic rings. The highest BCUT2D eigenvalue weighted by Crippen LogP contribution is 2.16. The van der Waals surface area contributed by atoms with E-state index in [1.165, 1.54) is 0 Å². The van der Waals surface area contributed by atoms with Crippen LogP contribution in [0.2, 0.25) is 0 Å². The van der Waals surface area contributed by atoms with E-state index in [1.54, 1.807) is 0 Å². The van der Waals surface area contributed by atoms with E-state index in [0.717, 1.165) is 25.9 Å². The fraction of sp³-hybridized carbons (Fsp3) is 0.909. The third-order valence-electron chi connectivity index (χ3n) is 2.74. The Labute approximate surface area is 91.2 Å². The highest BCUT2D eigenvalue weighted by molar-refractivity contribution is 5.73. The van der Waals surface area contributed by atoms with Crippen LogP contribution in [0.1, 0.15) is 33.6 Å². The largest absolute Gasteiger partial charge is 0.480 e. The van der Waals surface area contributed by atoms with Gasteiger partial charge in [0.05, 0.1) is 12.2 Å². The third kappa shape index (κ3) is 3.47. The van der Waals surface area contributed by atoms with Crippen LogP contribution in [0.4, 0.5) is 0 Å². The normalized spacial score (nSPS) is 30.1. The summed E-state index contributed by atoms with van der Waals surface area (Å²) in [4.78, 5) is 13.2. The van der Waals surface area contributed by atoms with Crippen molar-refractivity contribution in [2.75, 3.05) is 13.1 Å². The van der Waals surface area contributed by atoms with Crippen molar-refractivity contribution in [1.29, 1.82) is 0 Å². The van der Waals surface area contributed by atoms with Gasteiger partial charge in [0.2, 0.25) is 0 Å². The summed E-state index contributed by atoms with van der Waals surface area (Å²) in [7, 11) is 0. The average Bonchev–Trinajstić information content (AvgIpc) is 2.11. The van der Waals surface area contributed by atoms with Crippen LogP contribution in [-0.2, 0) is 9.53 Å². The molecule has 0 saturated carbocycles. The SMILES string of the molecule is CCC[C@H](C(=O)O)N1C[C@@H](C)O[C@H](C)C1. The van der Waals surface area contributed by atoms with Gasteiger partial charge in [0, 0.05) is 13.1 Å². The van der Waals surface area contributed by atoms with Crippen LogP contribution < -0.4 is 0 Å². The number of nitrogens with zero attached hydrogens (tertiary/aromatic N) is 1. The monoisotopic (exact) mass is 215 g/mol. The Balaban J connectivity index is 2.61. The lowest BCUT2D eigenvalue weighted by molar-refractivity contribution is -0.149. The fourth-order valence-electron chi connectivity index (χ4n) is 2.21. The van der Waals surface area contributed by atoms with Crippen molar-refractivity contribution >= 4 is 5.97 Å². The zero-order chi connectivity index (χ0) is 11.4. The quantitative estimate of drug-likeness (QED) is 0.769. The molecule has 0 aromatic rings. The first-order valence-corrected chi connectivity index (χ1v) is 5.67. The maximum atomic E-state index is 11.1. The van der Waals surface area contributed by atoms with Crippen molar-refractivity contribution in [2.24, 2.45) is 0 Å². The minimum atomic E-state index is -0.710. The summed E-state index contributed by atoms with van der Waals surface area (Å²) in [5.74, 6) is -0.710. The van der Waals surface area contributed by atoms with E-state index in [1.807, 2.05) is 25.7 Å². The molecule has 4 nitrogen and oxygen atoms in total. The van der Waals surface area contributed by atoms with Crippen molar-refractivity contribution in [2.45, 2.75) is 51.9 Å². The molecule has 88 valence electrons. The van der Waals surface area contributed by atoms with Crippen LogP contribution in [0, 0.1) is 0 Å². The number of ether oxygens (including phenoxy) is 1. The van der Waals surface area contributed by atoms with Crippen LogP contribution in [0.3, 0.4) is 0 Å². The van der Waals surface area contributed by atoms with Gasteiger partial charge in [-0.15, -0.1) is 0 Å². The number of hydrogen-bond acceptors (Lipinski definition) is 3. The van der Waals surface area contributed by atoms with Crippen LogP contribution in [-0.4, -0.2) is 47.3 Å². The predicted molar refractivity (Wildman–Crippen MR) is 57.9 cm³/mol. The van der Waals surface area contributed by atoms with Gasteiger partial charge in [-0.2, -0.15) is 0 Å². The lowest BCUT2D eigenvalue weighted by Crippen LogP contribution is -2.52. The number of carboxylic acids is 1. The molecule has 0 radical (unpaired) electrons. The molecule has 0 aromatic heterocycles. The Morgan fingerprint density at radius 1 is 1.47 bits per heavy atom. The second-order valence-electron chi connectivity index (χ2n) is 4.35. The number of aliphatic carboxylic acids is 1. The lowest BCUT2D eigenvalue weighted by Gasteiger charge is -2.38. The summed E-state index contributed by atoms with van der Waals surface area (Å²) in [6, 6.07) is -0.344. The molecular weight excluding hydrogens is 194 g/mol. The van der Waals surface area contributed by atoms with E-state index >= 15 is 0 Å². The first-order valence-electron chi connectivity index (χ1n) is 5.67. The van der Waals surface area contributed by atoms with Gasteiger partial charge in [0.15, 0.2) is 0 Å². The van der Waals surface area contributed by atoms with E-state index in [0.29, 0.717) is 0 Å². The maximum absolute atomic E-state index is 11.1. The molecule has 0 amide bonds. The number of rotatable bonds is 4. The van der Waals surface area contributed by atoms with Gasteiger partial charge in [-0.05, 0) is 20.3 Å². The molecule has 0 unspecified atom stereocenters. The fourth-order valence-corrected chi connectivity index (χ4v) is 2.21. The summed E-state index contributed by atoms with van der Waals surface area (Å²) in [6.07, 6.45) is 1.88. The zero-order valence-electron chi connectivity index (χ0n) is 9.77. The van der Waals surface area contributed by atoms with Crippen molar-refractivity contribution in [3.05, 3.63) is 0 Å². The van der Waals surface area contributed by atoms with Crippen LogP contribution >= 0.6 is 0 Å². The molecule has 0 spiro atoms. The van der Waals surface area contributed by atoms with Gasteiger partial charge in [-0.25, -0.2) is 0 Å². The Bertz CT molecular complexity index is 210. The first-order chi connectivity index (χ1) is 7.04. The predicted octanol–water partition coefficient (Wildman–Crippen LogP) is 1.35. The highest BCUT2D eigenvalue weighted by atomic mass is 16.5. The Morgan fingerprint density at radius 3 is 2.40 bits per heavy atom. The van der Waals surface area contributed by atoms with Crippen LogP contribution in [0.15, 0.2) is 0 Å². The molecular formula is C11H21NO3. The third-order valence-corrected chi connectivity index (χ3v) is 2.74. The maximum Gasteiger partial charge on any atom is 0.320 e. The van der Waals surface area contributed by atoms with E-state index in [4.69, 9.17) is 9.84 Å². The summed E-state index contributed by atoms with van der Waals surface area (Å²) in [6.45, 7) is 7.45. The molecule has 4 heteroatoms. The van der Waals surface area contributed by atoms with Crippen molar-refractivity contribution in [1.82, 2.24) is 4.90 Å². The molecule has 15 heavy (non-hydrogen) atoms. The molecule has 1 rings (SSSR count). The standard InChI is InChI=1S/C11H21NO3/c1-4-5-10(11(13)14)12-6-8(2)15-9(3)7-12/h8-10H,4-7H2,1-3H3,(H,13,14)/t8-,9-,10-/m1/s1. The van der Waals surface area contributed by atoms with E-state index < -0.39 is 5.97 Å². The molecule has 3 atom stereocenters. The van der Waals surface area contributed by atoms with Crippen molar-refractivity contribution in [3.8, 4) is 0 Å². The number of morpholine rings is 1. The van der Waals surface area contributed by atoms with E-state index in [9.17, 15) is 4.79 Å². The van der Waals surface area contributed by atoms with Gasteiger partial charge in [-0.1, -0.05) is 13.3 Å². The molecule has 0 bridgehead atoms. The summed E-state index contributed by atoms with van der Waals surface area (Å²) in [5, 5.41) is 9.15. The number of hydrogen-bond donors (Lipinski definition) is 1. The number of carboxylic acid groups (broad SMARTS) is 1. The minimum Gasteiger partial charge on any atom is -0.480 e. The van der Waals surface area contributed by atoms with E-state index in [-0.39, 0.29) is 18.2 Å². The highest BCUT2D eigenvalue weighted by Gasteiger charge is 2.31. The summed E-state index contributed by atoms with van der Waals surface area (Å²) >= 11 is 0. The molecule has 1 saturated heterocycles. The first kappa shape index (κ1) is 12.5. The summed E-state index contributed by atoms with van der Waals surface area (Å²) in [5.41, 5.74) is 0. The minimum absolute atomic E-state index is 0.132. The molecule has 0 aliphatic carbocycles. The molecule has 1 fully saturated rings. The lowest BCUT2D eigenvalue weighted by atomic mass is 10.1. The Kier molecular flexibility index (Phi) is 4.54. The van der Waals surface area contributed by atoms with Crippen LogP contribution in [0.25, 0.3) is 0 Å².